The van der Waals surface area contributed by atoms with Gasteiger partial charge in [0.15, 0.2) is 0 Å². The normalized spacial score (nSPS) is 30.4. The van der Waals surface area contributed by atoms with Gasteiger partial charge in [0.1, 0.15) is 0 Å². The molecule has 2 fully saturated rings. The van der Waals surface area contributed by atoms with Crippen LogP contribution in [0.1, 0.15) is 12.0 Å². The SMILES string of the molecule is Cc1ccc(N2CC3CC3C2)cc1. The van der Waals surface area contributed by atoms with Crippen LogP contribution in [0.25, 0.3) is 0 Å². The topological polar surface area (TPSA) is 3.24 Å². The van der Waals surface area contributed by atoms with Crippen molar-refractivity contribution in [1.82, 2.24) is 0 Å². The molecule has 0 aromatic heterocycles. The van der Waals surface area contributed by atoms with Crippen molar-refractivity contribution in [2.45, 2.75) is 13.3 Å². The van der Waals surface area contributed by atoms with Gasteiger partial charge < -0.3 is 4.90 Å². The predicted octanol–water partition coefficient (Wildman–Crippen LogP) is 2.45. The molecule has 1 aliphatic carbocycles. The van der Waals surface area contributed by atoms with E-state index in [1.54, 1.807) is 0 Å². The summed E-state index contributed by atoms with van der Waals surface area (Å²) in [6.45, 7) is 4.74. The minimum absolute atomic E-state index is 1.03. The summed E-state index contributed by atoms with van der Waals surface area (Å²) in [6, 6.07) is 8.92. The summed E-state index contributed by atoms with van der Waals surface area (Å²) in [5.74, 6) is 2.06. The Morgan fingerprint density at radius 3 is 2.31 bits per heavy atom. The van der Waals surface area contributed by atoms with Crippen molar-refractivity contribution < 1.29 is 0 Å². The highest BCUT2D eigenvalue weighted by molar-refractivity contribution is 5.49. The molecule has 2 aliphatic rings. The molecule has 2 unspecified atom stereocenters. The van der Waals surface area contributed by atoms with E-state index in [9.17, 15) is 0 Å². The van der Waals surface area contributed by atoms with E-state index in [1.807, 2.05) is 0 Å². The number of rotatable bonds is 1. The van der Waals surface area contributed by atoms with Crippen molar-refractivity contribution in [1.29, 1.82) is 0 Å². The van der Waals surface area contributed by atoms with E-state index in [-0.39, 0.29) is 0 Å². The van der Waals surface area contributed by atoms with Crippen LogP contribution in [0.15, 0.2) is 24.3 Å². The van der Waals surface area contributed by atoms with Gasteiger partial charge in [-0.05, 0) is 37.3 Å². The lowest BCUT2D eigenvalue weighted by atomic mass is 10.2. The van der Waals surface area contributed by atoms with E-state index in [0.29, 0.717) is 0 Å². The third kappa shape index (κ3) is 1.23. The zero-order valence-electron chi connectivity index (χ0n) is 8.03. The fraction of sp³-hybridized carbons (Fsp3) is 0.500. The maximum atomic E-state index is 2.53. The summed E-state index contributed by atoms with van der Waals surface area (Å²) in [4.78, 5) is 2.53. The third-order valence-electron chi connectivity index (χ3n) is 3.38. The van der Waals surface area contributed by atoms with Crippen LogP contribution in [0.5, 0.6) is 0 Å². The molecule has 0 spiro atoms. The average Bonchev–Trinajstić information content (AvgIpc) is 2.75. The Labute approximate surface area is 79.4 Å². The number of benzene rings is 1. The Balaban J connectivity index is 1.81. The van der Waals surface area contributed by atoms with Gasteiger partial charge >= 0.3 is 0 Å². The molecular weight excluding hydrogens is 158 g/mol. The number of aryl methyl sites for hydroxylation is 1. The molecule has 1 saturated heterocycles. The molecule has 1 aromatic rings. The molecule has 3 rings (SSSR count). The Bertz CT molecular complexity index is 304. The molecular formula is C12H15N. The standard InChI is InChI=1S/C12H15N/c1-9-2-4-12(5-3-9)13-7-10-6-11(10)8-13/h2-5,10-11H,6-8H2,1H3. The summed E-state index contributed by atoms with van der Waals surface area (Å²) in [7, 11) is 0. The summed E-state index contributed by atoms with van der Waals surface area (Å²) >= 11 is 0. The molecule has 1 saturated carbocycles. The van der Waals surface area contributed by atoms with Crippen molar-refractivity contribution >= 4 is 5.69 Å². The van der Waals surface area contributed by atoms with Crippen LogP contribution in [0.2, 0.25) is 0 Å². The smallest absolute Gasteiger partial charge is 0.0366 e. The van der Waals surface area contributed by atoms with Crippen molar-refractivity contribution in [3.05, 3.63) is 29.8 Å². The number of hydrogen-bond donors (Lipinski definition) is 0. The van der Waals surface area contributed by atoms with Gasteiger partial charge in [-0.15, -0.1) is 0 Å². The Hall–Kier alpha value is -0.980. The Morgan fingerprint density at radius 2 is 1.69 bits per heavy atom. The van der Waals surface area contributed by atoms with E-state index >= 15 is 0 Å². The highest BCUT2D eigenvalue weighted by Crippen LogP contribution is 2.46. The molecule has 13 heavy (non-hydrogen) atoms. The first kappa shape index (κ1) is 7.43. The molecule has 0 bridgehead atoms. The second-order valence-electron chi connectivity index (χ2n) is 4.50. The van der Waals surface area contributed by atoms with Crippen LogP contribution in [0.3, 0.4) is 0 Å². The van der Waals surface area contributed by atoms with Gasteiger partial charge in [0.25, 0.3) is 0 Å². The van der Waals surface area contributed by atoms with Gasteiger partial charge in [-0.25, -0.2) is 0 Å². The molecule has 0 radical (unpaired) electrons. The van der Waals surface area contributed by atoms with Crippen LogP contribution < -0.4 is 4.90 Å². The van der Waals surface area contributed by atoms with Gasteiger partial charge in [-0.2, -0.15) is 0 Å². The second kappa shape index (κ2) is 2.50. The number of fused-ring (bicyclic) bond motifs is 1. The maximum absolute atomic E-state index is 2.53. The molecule has 0 N–H and O–H groups in total. The summed E-state index contributed by atoms with van der Waals surface area (Å²) in [6.07, 6.45) is 1.49. The van der Waals surface area contributed by atoms with E-state index < -0.39 is 0 Å². The highest BCUT2D eigenvalue weighted by atomic mass is 15.2. The minimum atomic E-state index is 1.03. The first-order valence-corrected chi connectivity index (χ1v) is 5.14. The quantitative estimate of drug-likeness (QED) is 0.630. The number of piperidine rings is 1. The first-order chi connectivity index (χ1) is 6.33. The molecule has 1 aliphatic heterocycles. The Morgan fingerprint density at radius 1 is 1.08 bits per heavy atom. The summed E-state index contributed by atoms with van der Waals surface area (Å²) < 4.78 is 0. The Kier molecular flexibility index (Phi) is 1.43. The van der Waals surface area contributed by atoms with E-state index in [1.165, 1.54) is 30.8 Å². The van der Waals surface area contributed by atoms with E-state index in [4.69, 9.17) is 0 Å². The lowest BCUT2D eigenvalue weighted by Crippen LogP contribution is -2.21. The highest BCUT2D eigenvalue weighted by Gasteiger charge is 2.44. The van der Waals surface area contributed by atoms with Gasteiger partial charge in [-0.1, -0.05) is 17.7 Å². The number of hydrogen-bond acceptors (Lipinski definition) is 1. The van der Waals surface area contributed by atoms with Crippen LogP contribution in [0.4, 0.5) is 5.69 Å². The molecule has 1 heterocycles. The average molecular weight is 173 g/mol. The predicted molar refractivity (Wildman–Crippen MR) is 55.0 cm³/mol. The molecule has 2 atom stereocenters. The van der Waals surface area contributed by atoms with Gasteiger partial charge in [0, 0.05) is 18.8 Å². The van der Waals surface area contributed by atoms with Crippen LogP contribution >= 0.6 is 0 Å². The van der Waals surface area contributed by atoms with Crippen LogP contribution in [0, 0.1) is 18.8 Å². The number of nitrogens with zero attached hydrogens (tertiary/aromatic N) is 1. The van der Waals surface area contributed by atoms with Crippen molar-refractivity contribution in [2.24, 2.45) is 11.8 Å². The lowest BCUT2D eigenvalue weighted by Gasteiger charge is -2.20. The van der Waals surface area contributed by atoms with Gasteiger partial charge in [0.05, 0.1) is 0 Å². The summed E-state index contributed by atoms with van der Waals surface area (Å²) in [5, 5.41) is 0. The van der Waals surface area contributed by atoms with Gasteiger partial charge in [-0.3, -0.25) is 0 Å². The minimum Gasteiger partial charge on any atom is -0.371 e. The van der Waals surface area contributed by atoms with Crippen molar-refractivity contribution in [3.63, 3.8) is 0 Å². The van der Waals surface area contributed by atoms with E-state index in [2.05, 4.69) is 36.1 Å². The van der Waals surface area contributed by atoms with Crippen molar-refractivity contribution in [3.8, 4) is 0 Å². The molecule has 68 valence electrons. The summed E-state index contributed by atoms with van der Waals surface area (Å²) in [5.41, 5.74) is 2.77. The molecule has 1 nitrogen and oxygen atoms in total. The fourth-order valence-corrected chi connectivity index (χ4v) is 2.36. The third-order valence-corrected chi connectivity index (χ3v) is 3.38. The van der Waals surface area contributed by atoms with Crippen LogP contribution in [-0.4, -0.2) is 13.1 Å². The van der Waals surface area contributed by atoms with E-state index in [0.717, 1.165) is 11.8 Å². The number of anilines is 1. The zero-order valence-corrected chi connectivity index (χ0v) is 8.03. The molecule has 1 heteroatoms. The zero-order chi connectivity index (χ0) is 8.84. The van der Waals surface area contributed by atoms with Gasteiger partial charge in [0.2, 0.25) is 0 Å². The molecule has 1 aromatic carbocycles. The van der Waals surface area contributed by atoms with Crippen LogP contribution in [-0.2, 0) is 0 Å². The largest absolute Gasteiger partial charge is 0.371 e. The second-order valence-corrected chi connectivity index (χ2v) is 4.50. The maximum Gasteiger partial charge on any atom is 0.0366 e. The monoisotopic (exact) mass is 173 g/mol. The lowest BCUT2D eigenvalue weighted by molar-refractivity contribution is 0.820. The fourth-order valence-electron chi connectivity index (χ4n) is 2.36. The first-order valence-electron chi connectivity index (χ1n) is 5.14. The van der Waals surface area contributed by atoms with Crippen molar-refractivity contribution in [2.75, 3.05) is 18.0 Å². The molecule has 0 amide bonds.